The van der Waals surface area contributed by atoms with Gasteiger partial charge in [0, 0.05) is 0 Å². The molecule has 0 aliphatic carbocycles. The van der Waals surface area contributed by atoms with Crippen molar-refractivity contribution in [2.75, 3.05) is 5.75 Å². The fourth-order valence-corrected chi connectivity index (χ4v) is 6.59. The lowest BCUT2D eigenvalue weighted by molar-refractivity contribution is 0.207. The third-order valence-corrected chi connectivity index (χ3v) is 8.85. The van der Waals surface area contributed by atoms with Crippen molar-refractivity contribution in [3.8, 4) is 0 Å². The van der Waals surface area contributed by atoms with E-state index in [4.69, 9.17) is 0 Å². The van der Waals surface area contributed by atoms with Gasteiger partial charge < -0.3 is 5.11 Å². The molecule has 5 nitrogen and oxygen atoms in total. The zero-order valence-corrected chi connectivity index (χ0v) is 20.0. The van der Waals surface area contributed by atoms with Crippen LogP contribution in [0.3, 0.4) is 0 Å². The van der Waals surface area contributed by atoms with Crippen molar-refractivity contribution in [3.05, 3.63) is 70.6 Å². The molecule has 2 rings (SSSR count). The molecule has 7 heteroatoms. The highest BCUT2D eigenvalue weighted by Gasteiger charge is 2.28. The van der Waals surface area contributed by atoms with E-state index in [1.807, 2.05) is 13.8 Å². The predicted octanol–water partition coefficient (Wildman–Crippen LogP) is 4.77. The lowest BCUT2D eigenvalue weighted by atomic mass is 10.1. The fraction of sp³-hybridized carbons (Fsp3) is 0.417. The summed E-state index contributed by atoms with van der Waals surface area (Å²) >= 11 is 0. The molecule has 2 aromatic rings. The zero-order chi connectivity index (χ0) is 23.1. The molecule has 1 N–H and O–H groups in total. The number of hydrogen-bond donors (Lipinski definition) is 1. The average Bonchev–Trinajstić information content (AvgIpc) is 2.71. The minimum absolute atomic E-state index is 0.0154. The largest absolute Gasteiger partial charge is 0.389 e. The van der Waals surface area contributed by atoms with Gasteiger partial charge in [-0.15, -0.1) is 0 Å². The van der Waals surface area contributed by atoms with Crippen LogP contribution in [0.4, 0.5) is 0 Å². The van der Waals surface area contributed by atoms with Gasteiger partial charge in [-0.1, -0.05) is 68.0 Å². The Labute approximate surface area is 186 Å². The quantitative estimate of drug-likeness (QED) is 0.484. The van der Waals surface area contributed by atoms with Crippen molar-refractivity contribution in [2.24, 2.45) is 0 Å². The molecule has 0 heterocycles. The summed E-state index contributed by atoms with van der Waals surface area (Å²) in [5.41, 5.74) is 1.80. The molecule has 2 aromatic carbocycles. The number of aliphatic hydroxyl groups is 1. The Bertz CT molecular complexity index is 1080. The van der Waals surface area contributed by atoms with E-state index >= 15 is 0 Å². The maximum atomic E-state index is 13.3. The van der Waals surface area contributed by atoms with Crippen LogP contribution in [0.25, 0.3) is 0 Å². The Hall–Kier alpha value is -1.96. The topological polar surface area (TPSA) is 88.5 Å². The second-order valence-corrected chi connectivity index (χ2v) is 11.9. The summed E-state index contributed by atoms with van der Waals surface area (Å²) in [5, 5.41) is 10.4. The summed E-state index contributed by atoms with van der Waals surface area (Å²) in [6.45, 7) is 5.77. The summed E-state index contributed by atoms with van der Waals surface area (Å²) in [6.07, 6.45) is 4.32. The smallest absolute Gasteiger partial charge is 0.203 e. The average molecular weight is 465 g/mol. The Morgan fingerprint density at radius 2 is 1.35 bits per heavy atom. The van der Waals surface area contributed by atoms with E-state index in [1.54, 1.807) is 24.3 Å². The summed E-state index contributed by atoms with van der Waals surface area (Å²) in [7, 11) is -7.98. The summed E-state index contributed by atoms with van der Waals surface area (Å²) in [6, 6.07) is 12.6. The molecule has 170 valence electrons. The molecular weight excluding hydrogens is 432 g/mol. The molecule has 0 fully saturated rings. The van der Waals surface area contributed by atoms with Crippen molar-refractivity contribution in [2.45, 2.75) is 68.8 Å². The first kappa shape index (κ1) is 25.3. The third-order valence-electron chi connectivity index (χ3n) is 5.12. The van der Waals surface area contributed by atoms with Crippen molar-refractivity contribution in [1.82, 2.24) is 0 Å². The van der Waals surface area contributed by atoms with Gasteiger partial charge in [0.2, 0.25) is 9.84 Å². The highest BCUT2D eigenvalue weighted by Crippen LogP contribution is 2.25. The molecule has 0 radical (unpaired) electrons. The van der Waals surface area contributed by atoms with E-state index < -0.39 is 31.5 Å². The van der Waals surface area contributed by atoms with Crippen LogP contribution in [0, 0.1) is 13.8 Å². The van der Waals surface area contributed by atoms with Gasteiger partial charge in [0.05, 0.1) is 26.6 Å². The van der Waals surface area contributed by atoms with E-state index in [-0.39, 0.29) is 14.7 Å². The Morgan fingerprint density at radius 1 is 0.839 bits per heavy atom. The lowest BCUT2D eigenvalue weighted by Crippen LogP contribution is -2.18. The first-order chi connectivity index (χ1) is 14.6. The molecular formula is C24H32O5S2. The molecule has 0 amide bonds. The van der Waals surface area contributed by atoms with Crippen molar-refractivity contribution < 1.29 is 21.9 Å². The van der Waals surface area contributed by atoms with Crippen LogP contribution in [0.5, 0.6) is 0 Å². The van der Waals surface area contributed by atoms with Gasteiger partial charge >= 0.3 is 0 Å². The first-order valence-electron chi connectivity index (χ1n) is 10.6. The Morgan fingerprint density at radius 3 is 1.87 bits per heavy atom. The molecule has 0 aliphatic rings. The fourth-order valence-electron chi connectivity index (χ4n) is 3.18. The maximum Gasteiger partial charge on any atom is 0.203 e. The normalized spacial score (nSPS) is 13.9. The molecule has 0 bridgehead atoms. The molecule has 0 spiro atoms. The van der Waals surface area contributed by atoms with Crippen LogP contribution in [-0.2, 0) is 19.7 Å². The van der Waals surface area contributed by atoms with Crippen LogP contribution in [0.1, 0.15) is 50.2 Å². The van der Waals surface area contributed by atoms with E-state index in [0.717, 1.165) is 36.8 Å². The first-order valence-corrected chi connectivity index (χ1v) is 13.7. The van der Waals surface area contributed by atoms with E-state index in [0.29, 0.717) is 6.42 Å². The molecule has 0 aliphatic heterocycles. The number of sulfone groups is 2. The van der Waals surface area contributed by atoms with Gasteiger partial charge in [0.1, 0.15) is 0 Å². The number of aliphatic hydroxyl groups excluding tert-OH is 1. The molecule has 31 heavy (non-hydrogen) atoms. The molecule has 1 atom stereocenters. The second-order valence-electron chi connectivity index (χ2n) is 7.94. The minimum atomic E-state index is -4.08. The van der Waals surface area contributed by atoms with Crippen LogP contribution < -0.4 is 0 Å². The predicted molar refractivity (Wildman–Crippen MR) is 124 cm³/mol. The molecule has 1 unspecified atom stereocenters. The van der Waals surface area contributed by atoms with Gasteiger partial charge in [-0.3, -0.25) is 0 Å². The van der Waals surface area contributed by atoms with Crippen molar-refractivity contribution >= 4 is 19.7 Å². The third kappa shape index (κ3) is 7.30. The number of rotatable bonds is 11. The zero-order valence-electron chi connectivity index (χ0n) is 18.4. The van der Waals surface area contributed by atoms with E-state index in [1.165, 1.54) is 30.3 Å². The van der Waals surface area contributed by atoms with Crippen LogP contribution >= 0.6 is 0 Å². The Kier molecular flexibility index (Phi) is 9.03. The van der Waals surface area contributed by atoms with Gasteiger partial charge in [-0.05, 0) is 50.6 Å². The van der Waals surface area contributed by atoms with Gasteiger partial charge in [-0.2, -0.15) is 0 Å². The van der Waals surface area contributed by atoms with Crippen molar-refractivity contribution in [1.29, 1.82) is 0 Å². The summed E-state index contributed by atoms with van der Waals surface area (Å²) in [5.74, 6) is -0.696. The van der Waals surface area contributed by atoms with Crippen LogP contribution in [0.15, 0.2) is 69.3 Å². The SMILES string of the molecule is CCCCCCC(O)/C=C(\CS(=O)(=O)c1ccc(C)cc1)S(=O)(=O)c1ccc(C)cc1. The molecule has 0 saturated heterocycles. The van der Waals surface area contributed by atoms with Crippen LogP contribution in [0.2, 0.25) is 0 Å². The number of benzene rings is 2. The number of aryl methyl sites for hydroxylation is 2. The highest BCUT2D eigenvalue weighted by atomic mass is 32.2. The number of unbranched alkanes of at least 4 members (excludes halogenated alkanes) is 3. The second kappa shape index (κ2) is 11.1. The van der Waals surface area contributed by atoms with Gasteiger partial charge in [0.15, 0.2) is 9.84 Å². The monoisotopic (exact) mass is 464 g/mol. The van der Waals surface area contributed by atoms with Crippen molar-refractivity contribution in [3.63, 3.8) is 0 Å². The lowest BCUT2D eigenvalue weighted by Gasteiger charge is -2.14. The van der Waals surface area contributed by atoms with E-state index in [2.05, 4.69) is 6.92 Å². The van der Waals surface area contributed by atoms with Crippen LogP contribution in [-0.4, -0.2) is 33.8 Å². The summed E-state index contributed by atoms with van der Waals surface area (Å²) in [4.78, 5) is -0.220. The van der Waals surface area contributed by atoms with Gasteiger partial charge in [0.25, 0.3) is 0 Å². The summed E-state index contributed by atoms with van der Waals surface area (Å²) < 4.78 is 52.5. The standard InChI is InChI=1S/C24H32O5S2/c1-4-5-6-7-8-21(25)17-24(31(28,29)23-15-11-20(3)12-16-23)18-30(26,27)22-13-9-19(2)10-14-22/h9-17,21,25H,4-8,18H2,1-3H3/b24-17+. The van der Waals surface area contributed by atoms with Gasteiger partial charge in [-0.25, -0.2) is 16.8 Å². The highest BCUT2D eigenvalue weighted by molar-refractivity contribution is 7.98. The number of hydrogen-bond acceptors (Lipinski definition) is 5. The molecule has 0 aromatic heterocycles. The maximum absolute atomic E-state index is 13.3. The van der Waals surface area contributed by atoms with E-state index in [9.17, 15) is 21.9 Å². The Balaban J connectivity index is 2.40. The molecule has 0 saturated carbocycles. The minimum Gasteiger partial charge on any atom is -0.389 e.